The fourth-order valence-corrected chi connectivity index (χ4v) is 3.31. The number of benzene rings is 1. The molecular formula is C16H20BrN3O. The second kappa shape index (κ2) is 7.06. The van der Waals surface area contributed by atoms with Crippen LogP contribution in [0.2, 0.25) is 0 Å². The molecule has 0 atom stereocenters. The fraction of sp³-hybridized carbons (Fsp3) is 0.500. The number of nitrogens with zero attached hydrogens (tertiary/aromatic N) is 1. The van der Waals surface area contributed by atoms with Crippen molar-refractivity contribution in [1.29, 1.82) is 5.26 Å². The number of nitrogens with one attached hydrogen (secondary N) is 2. The van der Waals surface area contributed by atoms with Gasteiger partial charge in [-0.05, 0) is 50.6 Å². The number of rotatable bonds is 4. The Bertz CT molecular complexity index is 554. The van der Waals surface area contributed by atoms with E-state index in [0.717, 1.165) is 43.2 Å². The van der Waals surface area contributed by atoms with Crippen LogP contribution < -0.4 is 10.6 Å². The maximum Gasteiger partial charge on any atom is 0.230 e. The fourth-order valence-electron chi connectivity index (χ4n) is 2.95. The zero-order chi connectivity index (χ0) is 15.3. The largest absolute Gasteiger partial charge is 0.324 e. The molecule has 2 N–H and O–H groups in total. The molecule has 1 heterocycles. The van der Waals surface area contributed by atoms with E-state index < -0.39 is 0 Å². The summed E-state index contributed by atoms with van der Waals surface area (Å²) >= 11 is 3.34. The maximum atomic E-state index is 12.8. The van der Waals surface area contributed by atoms with Crippen molar-refractivity contribution >= 4 is 27.5 Å². The van der Waals surface area contributed by atoms with E-state index in [4.69, 9.17) is 0 Å². The summed E-state index contributed by atoms with van der Waals surface area (Å²) in [4.78, 5) is 12.8. The first kappa shape index (κ1) is 16.0. The van der Waals surface area contributed by atoms with Gasteiger partial charge in [-0.3, -0.25) is 4.79 Å². The predicted molar refractivity (Wildman–Crippen MR) is 86.9 cm³/mol. The molecule has 0 radical (unpaired) electrons. The molecule has 1 aliphatic rings. The van der Waals surface area contributed by atoms with Crippen LogP contribution in [-0.2, 0) is 4.79 Å². The zero-order valence-corrected chi connectivity index (χ0v) is 13.8. The number of halogens is 1. The average Bonchev–Trinajstić information content (AvgIpc) is 2.50. The van der Waals surface area contributed by atoms with E-state index in [9.17, 15) is 10.1 Å². The molecular weight excluding hydrogens is 330 g/mol. The monoisotopic (exact) mass is 349 g/mol. The van der Waals surface area contributed by atoms with Crippen molar-refractivity contribution < 1.29 is 4.79 Å². The molecule has 0 aromatic heterocycles. The minimum atomic E-state index is -0.306. The summed E-state index contributed by atoms with van der Waals surface area (Å²) in [5, 5.41) is 15.5. The van der Waals surface area contributed by atoms with Gasteiger partial charge in [0.15, 0.2) is 0 Å². The molecule has 2 rings (SSSR count). The van der Waals surface area contributed by atoms with Gasteiger partial charge in [0.05, 0.1) is 16.7 Å². The van der Waals surface area contributed by atoms with Crippen LogP contribution in [0.1, 0.15) is 38.2 Å². The third-order valence-corrected chi connectivity index (χ3v) is 4.61. The quantitative estimate of drug-likeness (QED) is 0.874. The van der Waals surface area contributed by atoms with Crippen molar-refractivity contribution in [3.8, 4) is 6.07 Å². The highest BCUT2D eigenvalue weighted by Crippen LogP contribution is 2.35. The van der Waals surface area contributed by atoms with E-state index in [1.807, 2.05) is 6.07 Å². The number of hydrogen-bond acceptors (Lipinski definition) is 3. The first-order valence-electron chi connectivity index (χ1n) is 7.33. The standard InChI is InChI=1S/C16H20BrN3O/c1-2-5-16(6-8-19-9-7-16)15(21)20-14-4-3-13(17)10-12(14)11-18/h3-4,10,19H,2,5-9H2,1H3,(H,20,21). The lowest BCUT2D eigenvalue weighted by atomic mass is 9.74. The van der Waals surface area contributed by atoms with E-state index >= 15 is 0 Å². The number of carbonyl (C=O) groups excluding carboxylic acids is 1. The highest BCUT2D eigenvalue weighted by molar-refractivity contribution is 9.10. The van der Waals surface area contributed by atoms with Gasteiger partial charge in [-0.25, -0.2) is 0 Å². The van der Waals surface area contributed by atoms with Crippen molar-refractivity contribution in [2.24, 2.45) is 5.41 Å². The Morgan fingerprint density at radius 2 is 2.19 bits per heavy atom. The molecule has 1 aliphatic heterocycles. The van der Waals surface area contributed by atoms with Gasteiger partial charge in [0, 0.05) is 4.47 Å². The van der Waals surface area contributed by atoms with Crippen molar-refractivity contribution in [3.05, 3.63) is 28.2 Å². The highest BCUT2D eigenvalue weighted by atomic mass is 79.9. The summed E-state index contributed by atoms with van der Waals surface area (Å²) in [5.74, 6) is 0.0460. The summed E-state index contributed by atoms with van der Waals surface area (Å²) < 4.78 is 0.835. The van der Waals surface area contributed by atoms with Gasteiger partial charge >= 0.3 is 0 Å². The first-order valence-corrected chi connectivity index (χ1v) is 8.12. The Morgan fingerprint density at radius 1 is 1.48 bits per heavy atom. The van der Waals surface area contributed by atoms with E-state index in [1.54, 1.807) is 12.1 Å². The third kappa shape index (κ3) is 3.63. The van der Waals surface area contributed by atoms with E-state index in [2.05, 4.69) is 39.6 Å². The molecule has 21 heavy (non-hydrogen) atoms. The van der Waals surface area contributed by atoms with Gasteiger partial charge in [-0.1, -0.05) is 29.3 Å². The molecule has 1 fully saturated rings. The molecule has 0 spiro atoms. The van der Waals surface area contributed by atoms with E-state index in [0.29, 0.717) is 11.3 Å². The van der Waals surface area contributed by atoms with Crippen LogP contribution in [0, 0.1) is 16.7 Å². The van der Waals surface area contributed by atoms with Crippen LogP contribution in [0.4, 0.5) is 5.69 Å². The lowest BCUT2D eigenvalue weighted by Crippen LogP contribution is -2.45. The molecule has 0 unspecified atom stereocenters. The average molecular weight is 350 g/mol. The van der Waals surface area contributed by atoms with Gasteiger partial charge in [0.2, 0.25) is 5.91 Å². The molecule has 1 amide bonds. The molecule has 0 saturated carbocycles. The number of piperidine rings is 1. The summed E-state index contributed by atoms with van der Waals surface area (Å²) in [5.41, 5.74) is 0.776. The van der Waals surface area contributed by atoms with Crippen LogP contribution in [-0.4, -0.2) is 19.0 Å². The normalized spacial score (nSPS) is 17.0. The van der Waals surface area contributed by atoms with Gasteiger partial charge in [0.1, 0.15) is 6.07 Å². The Labute approximate surface area is 134 Å². The molecule has 0 bridgehead atoms. The smallest absolute Gasteiger partial charge is 0.230 e. The van der Waals surface area contributed by atoms with E-state index in [1.165, 1.54) is 0 Å². The van der Waals surface area contributed by atoms with Crippen LogP contribution in [0.25, 0.3) is 0 Å². The van der Waals surface area contributed by atoms with Crippen LogP contribution in [0.3, 0.4) is 0 Å². The van der Waals surface area contributed by atoms with Gasteiger partial charge in [-0.15, -0.1) is 0 Å². The SMILES string of the molecule is CCCC1(C(=O)Nc2ccc(Br)cc2C#N)CCNCC1. The molecule has 0 aliphatic carbocycles. The Balaban J connectivity index is 2.21. The second-order valence-electron chi connectivity index (χ2n) is 5.54. The van der Waals surface area contributed by atoms with E-state index in [-0.39, 0.29) is 11.3 Å². The van der Waals surface area contributed by atoms with Crippen molar-refractivity contribution in [3.63, 3.8) is 0 Å². The Kier molecular flexibility index (Phi) is 5.38. The van der Waals surface area contributed by atoms with Crippen molar-refractivity contribution in [1.82, 2.24) is 5.32 Å². The minimum absolute atomic E-state index is 0.0460. The number of carbonyl (C=O) groups is 1. The number of anilines is 1. The molecule has 1 saturated heterocycles. The van der Waals surface area contributed by atoms with Crippen molar-refractivity contribution in [2.75, 3.05) is 18.4 Å². The molecule has 1 aromatic rings. The van der Waals surface area contributed by atoms with Crippen molar-refractivity contribution in [2.45, 2.75) is 32.6 Å². The highest BCUT2D eigenvalue weighted by Gasteiger charge is 2.38. The van der Waals surface area contributed by atoms with Crippen LogP contribution >= 0.6 is 15.9 Å². The topological polar surface area (TPSA) is 64.9 Å². The molecule has 1 aromatic carbocycles. The van der Waals surface area contributed by atoms with Gasteiger partial charge in [0.25, 0.3) is 0 Å². The van der Waals surface area contributed by atoms with Gasteiger partial charge < -0.3 is 10.6 Å². The number of nitriles is 1. The third-order valence-electron chi connectivity index (χ3n) is 4.12. The number of hydrogen-bond donors (Lipinski definition) is 2. The lowest BCUT2D eigenvalue weighted by Gasteiger charge is -2.36. The zero-order valence-electron chi connectivity index (χ0n) is 12.2. The lowest BCUT2D eigenvalue weighted by molar-refractivity contribution is -0.127. The second-order valence-corrected chi connectivity index (χ2v) is 6.45. The molecule has 112 valence electrons. The minimum Gasteiger partial charge on any atom is -0.324 e. The first-order chi connectivity index (χ1) is 10.1. The number of amides is 1. The summed E-state index contributed by atoms with van der Waals surface area (Å²) in [7, 11) is 0. The maximum absolute atomic E-state index is 12.8. The predicted octanol–water partition coefficient (Wildman–Crippen LogP) is 3.43. The van der Waals surface area contributed by atoms with Gasteiger partial charge in [-0.2, -0.15) is 5.26 Å². The summed E-state index contributed by atoms with van der Waals surface area (Å²) in [6, 6.07) is 7.48. The van der Waals surface area contributed by atoms with Crippen LogP contribution in [0.15, 0.2) is 22.7 Å². The molecule has 5 heteroatoms. The van der Waals surface area contributed by atoms with Crippen LogP contribution in [0.5, 0.6) is 0 Å². The Morgan fingerprint density at radius 3 is 2.81 bits per heavy atom. The summed E-state index contributed by atoms with van der Waals surface area (Å²) in [6.07, 6.45) is 3.58. The molecule has 4 nitrogen and oxygen atoms in total. The Hall–Kier alpha value is -1.38. The summed E-state index contributed by atoms with van der Waals surface area (Å²) in [6.45, 7) is 3.86.